The predicted octanol–water partition coefficient (Wildman–Crippen LogP) is 3.95. The molecule has 0 spiro atoms. The number of benzene rings is 1. The fraction of sp³-hybridized carbons (Fsp3) is 0.650. The molecule has 1 heterocycles. The first kappa shape index (κ1) is 17.1. The molecular formula is C20H29NO3. The van der Waals surface area contributed by atoms with Crippen LogP contribution in [-0.2, 0) is 17.8 Å². The summed E-state index contributed by atoms with van der Waals surface area (Å²) >= 11 is 0. The van der Waals surface area contributed by atoms with Crippen LogP contribution in [0.4, 0.5) is 0 Å². The van der Waals surface area contributed by atoms with Gasteiger partial charge in [0.1, 0.15) is 0 Å². The Morgan fingerprint density at radius 2 is 1.75 bits per heavy atom. The maximum atomic E-state index is 12.6. The zero-order chi connectivity index (χ0) is 16.9. The van der Waals surface area contributed by atoms with Gasteiger partial charge in [-0.1, -0.05) is 32.1 Å². The lowest BCUT2D eigenvalue weighted by Crippen LogP contribution is -2.36. The van der Waals surface area contributed by atoms with Crippen LogP contribution < -0.4 is 9.47 Å². The lowest BCUT2D eigenvalue weighted by molar-refractivity contribution is -0.132. The Bertz CT molecular complexity index is 578. The summed E-state index contributed by atoms with van der Waals surface area (Å²) in [6.45, 7) is 1.51. The summed E-state index contributed by atoms with van der Waals surface area (Å²) in [4.78, 5) is 14.6. The van der Waals surface area contributed by atoms with E-state index in [2.05, 4.69) is 6.07 Å². The normalized spacial score (nSPS) is 18.2. The maximum absolute atomic E-state index is 12.6. The van der Waals surface area contributed by atoms with Gasteiger partial charge in [-0.3, -0.25) is 4.79 Å². The van der Waals surface area contributed by atoms with E-state index in [4.69, 9.17) is 9.47 Å². The van der Waals surface area contributed by atoms with E-state index in [0.717, 1.165) is 36.8 Å². The van der Waals surface area contributed by atoms with Crippen LogP contribution in [0.3, 0.4) is 0 Å². The van der Waals surface area contributed by atoms with Gasteiger partial charge in [0, 0.05) is 19.5 Å². The van der Waals surface area contributed by atoms with Gasteiger partial charge in [0.25, 0.3) is 0 Å². The summed E-state index contributed by atoms with van der Waals surface area (Å²) in [5.74, 6) is 2.59. The summed E-state index contributed by atoms with van der Waals surface area (Å²) in [6.07, 6.45) is 9.35. The molecule has 4 nitrogen and oxygen atoms in total. The molecule has 1 aromatic carbocycles. The fourth-order valence-electron chi connectivity index (χ4n) is 4.06. The number of amides is 1. The standard InChI is InChI=1S/C20H29NO3/c1-23-18-12-16-10-11-21(14-17(16)13-19(18)24-2)20(22)9-8-15-6-4-3-5-7-15/h12-13,15H,3-11,14H2,1-2H3. The number of methoxy groups -OCH3 is 2. The van der Waals surface area contributed by atoms with Gasteiger partial charge < -0.3 is 14.4 Å². The third-order valence-corrected chi connectivity index (χ3v) is 5.56. The molecule has 1 aromatic rings. The molecule has 2 aliphatic rings. The Morgan fingerprint density at radius 1 is 1.08 bits per heavy atom. The summed E-state index contributed by atoms with van der Waals surface area (Å²) in [5, 5.41) is 0. The van der Waals surface area contributed by atoms with Gasteiger partial charge in [0.05, 0.1) is 14.2 Å². The third-order valence-electron chi connectivity index (χ3n) is 5.56. The molecule has 1 aliphatic carbocycles. The summed E-state index contributed by atoms with van der Waals surface area (Å²) < 4.78 is 10.8. The second-order valence-electron chi connectivity index (χ2n) is 7.08. The summed E-state index contributed by atoms with van der Waals surface area (Å²) in [7, 11) is 3.31. The van der Waals surface area contributed by atoms with E-state index in [1.165, 1.54) is 43.2 Å². The van der Waals surface area contributed by atoms with Crippen LogP contribution in [0.25, 0.3) is 0 Å². The number of hydrogen-bond acceptors (Lipinski definition) is 3. The highest BCUT2D eigenvalue weighted by molar-refractivity contribution is 5.76. The molecule has 1 amide bonds. The summed E-state index contributed by atoms with van der Waals surface area (Å²) in [5.41, 5.74) is 2.45. The highest BCUT2D eigenvalue weighted by Gasteiger charge is 2.23. The number of nitrogens with zero attached hydrogens (tertiary/aromatic N) is 1. The minimum atomic E-state index is 0.306. The highest BCUT2D eigenvalue weighted by atomic mass is 16.5. The molecule has 0 atom stereocenters. The Labute approximate surface area is 145 Å². The van der Waals surface area contributed by atoms with Crippen LogP contribution in [0, 0.1) is 5.92 Å². The Morgan fingerprint density at radius 3 is 2.42 bits per heavy atom. The fourth-order valence-corrected chi connectivity index (χ4v) is 4.06. The van der Waals surface area contributed by atoms with Crippen LogP contribution in [0.15, 0.2) is 12.1 Å². The van der Waals surface area contributed by atoms with Crippen molar-refractivity contribution in [1.82, 2.24) is 4.90 Å². The number of hydrogen-bond donors (Lipinski definition) is 0. The Hall–Kier alpha value is -1.71. The molecule has 0 bridgehead atoms. The van der Waals surface area contributed by atoms with Crippen LogP contribution in [0.1, 0.15) is 56.1 Å². The first-order chi connectivity index (χ1) is 11.7. The topological polar surface area (TPSA) is 38.8 Å². The zero-order valence-corrected chi connectivity index (χ0v) is 15.0. The van der Waals surface area contributed by atoms with Crippen molar-refractivity contribution in [2.75, 3.05) is 20.8 Å². The van der Waals surface area contributed by atoms with Gasteiger partial charge in [0.2, 0.25) is 5.91 Å². The second-order valence-corrected chi connectivity index (χ2v) is 7.08. The van der Waals surface area contributed by atoms with Crippen molar-refractivity contribution >= 4 is 5.91 Å². The van der Waals surface area contributed by atoms with Crippen molar-refractivity contribution in [3.8, 4) is 11.5 Å². The number of carbonyl (C=O) groups excluding carboxylic acids is 1. The van der Waals surface area contributed by atoms with Crippen molar-refractivity contribution in [2.45, 2.75) is 57.9 Å². The summed E-state index contributed by atoms with van der Waals surface area (Å²) in [6, 6.07) is 4.08. The van der Waals surface area contributed by atoms with Crippen molar-refractivity contribution in [3.63, 3.8) is 0 Å². The van der Waals surface area contributed by atoms with E-state index in [1.807, 2.05) is 11.0 Å². The quantitative estimate of drug-likeness (QED) is 0.820. The van der Waals surface area contributed by atoms with Crippen LogP contribution in [0.2, 0.25) is 0 Å². The largest absolute Gasteiger partial charge is 0.493 e. The number of ether oxygens (including phenoxy) is 2. The predicted molar refractivity (Wildman–Crippen MR) is 94.5 cm³/mol. The van der Waals surface area contributed by atoms with E-state index < -0.39 is 0 Å². The van der Waals surface area contributed by atoms with E-state index >= 15 is 0 Å². The molecular weight excluding hydrogens is 302 g/mol. The van der Waals surface area contributed by atoms with Gasteiger partial charge in [-0.25, -0.2) is 0 Å². The lowest BCUT2D eigenvalue weighted by atomic mass is 9.86. The first-order valence-electron chi connectivity index (χ1n) is 9.23. The van der Waals surface area contributed by atoms with Gasteiger partial charge in [-0.15, -0.1) is 0 Å². The number of carbonyl (C=O) groups is 1. The molecule has 1 fully saturated rings. The number of rotatable bonds is 5. The van der Waals surface area contributed by atoms with E-state index in [9.17, 15) is 4.79 Å². The third kappa shape index (κ3) is 3.85. The molecule has 0 saturated heterocycles. The Kier molecular flexibility index (Phi) is 5.64. The Balaban J connectivity index is 1.60. The monoisotopic (exact) mass is 331 g/mol. The molecule has 0 aromatic heterocycles. The molecule has 24 heavy (non-hydrogen) atoms. The van der Waals surface area contributed by atoms with Crippen molar-refractivity contribution in [2.24, 2.45) is 5.92 Å². The minimum Gasteiger partial charge on any atom is -0.493 e. The minimum absolute atomic E-state index is 0.306. The number of fused-ring (bicyclic) bond motifs is 1. The molecule has 0 N–H and O–H groups in total. The molecule has 3 rings (SSSR count). The van der Waals surface area contributed by atoms with Gasteiger partial charge in [-0.2, -0.15) is 0 Å². The van der Waals surface area contributed by atoms with Gasteiger partial charge in [-0.05, 0) is 42.0 Å². The highest BCUT2D eigenvalue weighted by Crippen LogP contribution is 2.33. The smallest absolute Gasteiger partial charge is 0.222 e. The van der Waals surface area contributed by atoms with E-state index in [1.54, 1.807) is 14.2 Å². The van der Waals surface area contributed by atoms with Crippen LogP contribution in [0.5, 0.6) is 11.5 Å². The molecule has 132 valence electrons. The van der Waals surface area contributed by atoms with Crippen molar-refractivity contribution in [1.29, 1.82) is 0 Å². The average molecular weight is 331 g/mol. The van der Waals surface area contributed by atoms with Crippen LogP contribution in [-0.4, -0.2) is 31.6 Å². The van der Waals surface area contributed by atoms with E-state index in [0.29, 0.717) is 18.9 Å². The second kappa shape index (κ2) is 7.91. The van der Waals surface area contributed by atoms with Gasteiger partial charge >= 0.3 is 0 Å². The molecule has 0 unspecified atom stereocenters. The first-order valence-corrected chi connectivity index (χ1v) is 9.23. The van der Waals surface area contributed by atoms with Gasteiger partial charge in [0.15, 0.2) is 11.5 Å². The molecule has 0 radical (unpaired) electrons. The zero-order valence-electron chi connectivity index (χ0n) is 15.0. The van der Waals surface area contributed by atoms with Crippen LogP contribution >= 0.6 is 0 Å². The van der Waals surface area contributed by atoms with Crippen molar-refractivity contribution in [3.05, 3.63) is 23.3 Å². The SMILES string of the molecule is COc1cc2c(cc1OC)CN(C(=O)CCC1CCCCC1)CC2. The van der Waals surface area contributed by atoms with E-state index in [-0.39, 0.29) is 0 Å². The lowest BCUT2D eigenvalue weighted by Gasteiger charge is -2.30. The van der Waals surface area contributed by atoms with Crippen molar-refractivity contribution < 1.29 is 14.3 Å². The average Bonchev–Trinajstić information content (AvgIpc) is 2.65. The maximum Gasteiger partial charge on any atom is 0.222 e. The molecule has 4 heteroatoms. The molecule has 1 aliphatic heterocycles. The molecule has 1 saturated carbocycles.